The molecule has 2 amide bonds. The van der Waals surface area contributed by atoms with E-state index in [0.717, 1.165) is 5.56 Å². The normalized spacial score (nSPS) is 14.8. The average Bonchev–Trinajstić information content (AvgIpc) is 2.97. The van der Waals surface area contributed by atoms with Crippen molar-refractivity contribution in [2.24, 2.45) is 0 Å². The summed E-state index contributed by atoms with van der Waals surface area (Å²) < 4.78 is 38.1. The zero-order chi connectivity index (χ0) is 27.8. The number of carbonyl (C=O) groups excluding carboxylic acids is 2. The Labute approximate surface area is 233 Å². The number of benzene rings is 3. The Hall–Kier alpha value is -3.44. The van der Waals surface area contributed by atoms with Crippen LogP contribution in [0.2, 0.25) is 5.02 Å². The molecule has 0 unspecified atom stereocenters. The maximum absolute atomic E-state index is 13.5. The quantitative estimate of drug-likeness (QED) is 0.400. The lowest BCUT2D eigenvalue weighted by Crippen LogP contribution is -2.44. The molecular weight excluding hydrogens is 542 g/mol. The van der Waals surface area contributed by atoms with Crippen LogP contribution >= 0.6 is 11.6 Å². The Kier molecular flexibility index (Phi) is 9.58. The van der Waals surface area contributed by atoms with Crippen LogP contribution in [-0.2, 0) is 30.9 Å². The van der Waals surface area contributed by atoms with Crippen LogP contribution in [0.4, 0.5) is 0 Å². The Bertz CT molecular complexity index is 1360. The zero-order valence-corrected chi connectivity index (χ0v) is 23.0. The summed E-state index contributed by atoms with van der Waals surface area (Å²) >= 11 is 6.03. The highest BCUT2D eigenvalue weighted by atomic mass is 35.5. The van der Waals surface area contributed by atoms with Gasteiger partial charge in [-0.3, -0.25) is 9.59 Å². The number of likely N-dealkylation sites (N-methyl/N-ethyl adjacent to an activating group) is 1. The molecule has 1 heterocycles. The molecule has 0 spiro atoms. The van der Waals surface area contributed by atoms with Gasteiger partial charge in [-0.1, -0.05) is 54.1 Å². The molecule has 1 N–H and O–H groups in total. The molecule has 0 saturated carbocycles. The molecule has 1 saturated heterocycles. The number of hydrogen-bond acceptors (Lipinski definition) is 6. The maximum atomic E-state index is 13.5. The van der Waals surface area contributed by atoms with E-state index in [-0.39, 0.29) is 24.0 Å². The number of hydrogen-bond donors (Lipinski definition) is 1. The molecule has 0 radical (unpaired) electrons. The number of ether oxygens (including phenoxy) is 2. The fourth-order valence-corrected chi connectivity index (χ4v) is 5.76. The van der Waals surface area contributed by atoms with Crippen molar-refractivity contribution in [3.8, 4) is 5.75 Å². The van der Waals surface area contributed by atoms with Crippen molar-refractivity contribution in [1.29, 1.82) is 0 Å². The number of morpholine rings is 1. The summed E-state index contributed by atoms with van der Waals surface area (Å²) in [5, 5.41) is 3.21. The summed E-state index contributed by atoms with van der Waals surface area (Å²) in [4.78, 5) is 28.1. The number of carbonyl (C=O) groups is 2. The van der Waals surface area contributed by atoms with Gasteiger partial charge in [-0.25, -0.2) is 8.42 Å². The maximum Gasteiger partial charge on any atom is 0.261 e. The van der Waals surface area contributed by atoms with Crippen molar-refractivity contribution in [2.45, 2.75) is 17.5 Å². The standard InChI is InChI=1S/C28H30ClN3O6S/c1-30-28(34)27(22-5-3-2-4-6-22)32(19-21-7-9-23(29)10-8-21)26(33)20-38-24-11-13-25(14-12-24)39(35,36)31-15-17-37-18-16-31/h2-14,27H,15-20H2,1H3,(H,30,34)/t27-/m1/s1. The lowest BCUT2D eigenvalue weighted by atomic mass is 10.0. The molecule has 206 valence electrons. The van der Waals surface area contributed by atoms with Gasteiger partial charge in [-0.2, -0.15) is 4.31 Å². The van der Waals surface area contributed by atoms with Gasteiger partial charge in [-0.05, 0) is 47.5 Å². The van der Waals surface area contributed by atoms with Crippen molar-refractivity contribution in [3.63, 3.8) is 0 Å². The van der Waals surface area contributed by atoms with Gasteiger partial charge in [0.2, 0.25) is 15.9 Å². The van der Waals surface area contributed by atoms with Gasteiger partial charge in [-0.15, -0.1) is 0 Å². The summed E-state index contributed by atoms with van der Waals surface area (Å²) in [7, 11) is -2.13. The smallest absolute Gasteiger partial charge is 0.261 e. The first-order valence-electron chi connectivity index (χ1n) is 12.4. The third-order valence-electron chi connectivity index (χ3n) is 6.30. The summed E-state index contributed by atoms with van der Waals surface area (Å²) in [5.74, 6) is -0.444. The molecule has 1 aliphatic heterocycles. The van der Waals surface area contributed by atoms with Crippen molar-refractivity contribution in [3.05, 3.63) is 95.0 Å². The van der Waals surface area contributed by atoms with Crippen LogP contribution in [0.3, 0.4) is 0 Å². The molecule has 0 aliphatic carbocycles. The van der Waals surface area contributed by atoms with Crippen LogP contribution < -0.4 is 10.1 Å². The van der Waals surface area contributed by atoms with E-state index in [9.17, 15) is 18.0 Å². The zero-order valence-electron chi connectivity index (χ0n) is 21.5. The minimum atomic E-state index is -3.65. The van der Waals surface area contributed by atoms with Gasteiger partial charge >= 0.3 is 0 Å². The summed E-state index contributed by atoms with van der Waals surface area (Å²) in [6.45, 7) is 1.09. The predicted octanol–water partition coefficient (Wildman–Crippen LogP) is 3.26. The van der Waals surface area contributed by atoms with Gasteiger partial charge in [0.15, 0.2) is 6.61 Å². The van der Waals surface area contributed by atoms with Crippen molar-refractivity contribution < 1.29 is 27.5 Å². The summed E-state index contributed by atoms with van der Waals surface area (Å²) in [6, 6.07) is 21.1. The Morgan fingerprint density at radius 3 is 2.26 bits per heavy atom. The molecular formula is C28H30ClN3O6S. The molecule has 3 aromatic carbocycles. The second kappa shape index (κ2) is 13.1. The van der Waals surface area contributed by atoms with E-state index < -0.39 is 22.0 Å². The lowest BCUT2D eigenvalue weighted by molar-refractivity contribution is -0.143. The first kappa shape index (κ1) is 28.6. The molecule has 39 heavy (non-hydrogen) atoms. The predicted molar refractivity (Wildman–Crippen MR) is 147 cm³/mol. The van der Waals surface area contributed by atoms with Crippen LogP contribution in [0.1, 0.15) is 17.2 Å². The first-order valence-corrected chi connectivity index (χ1v) is 14.2. The molecule has 9 nitrogen and oxygen atoms in total. The van der Waals surface area contributed by atoms with E-state index in [1.165, 1.54) is 40.5 Å². The number of amides is 2. The molecule has 3 aromatic rings. The Morgan fingerprint density at radius 2 is 1.64 bits per heavy atom. The van der Waals surface area contributed by atoms with Crippen molar-refractivity contribution in [1.82, 2.24) is 14.5 Å². The van der Waals surface area contributed by atoms with E-state index in [1.807, 2.05) is 6.07 Å². The third kappa shape index (κ3) is 7.15. The number of halogens is 1. The molecule has 4 rings (SSSR count). The number of sulfonamides is 1. The minimum Gasteiger partial charge on any atom is -0.484 e. The number of rotatable bonds is 10. The van der Waals surface area contributed by atoms with Gasteiger partial charge in [0, 0.05) is 31.7 Å². The topological polar surface area (TPSA) is 105 Å². The van der Waals surface area contributed by atoms with E-state index in [2.05, 4.69) is 5.32 Å². The molecule has 1 fully saturated rings. The molecule has 11 heteroatoms. The van der Waals surface area contributed by atoms with Gasteiger partial charge in [0.1, 0.15) is 11.8 Å². The fourth-order valence-electron chi connectivity index (χ4n) is 4.23. The van der Waals surface area contributed by atoms with Gasteiger partial charge in [0.25, 0.3) is 5.91 Å². The largest absolute Gasteiger partial charge is 0.484 e. The van der Waals surface area contributed by atoms with Crippen molar-refractivity contribution in [2.75, 3.05) is 40.0 Å². The fraction of sp³-hybridized carbons (Fsp3) is 0.286. The van der Waals surface area contributed by atoms with E-state index in [4.69, 9.17) is 21.1 Å². The van der Waals surface area contributed by atoms with E-state index in [1.54, 1.807) is 48.5 Å². The highest BCUT2D eigenvalue weighted by Gasteiger charge is 2.31. The molecule has 1 aliphatic rings. The summed E-state index contributed by atoms with van der Waals surface area (Å²) in [6.07, 6.45) is 0. The number of nitrogens with zero attached hydrogens (tertiary/aromatic N) is 2. The van der Waals surface area contributed by atoms with Crippen LogP contribution in [0.25, 0.3) is 0 Å². The van der Waals surface area contributed by atoms with Crippen LogP contribution in [0.15, 0.2) is 83.8 Å². The van der Waals surface area contributed by atoms with Gasteiger partial charge in [0.05, 0.1) is 18.1 Å². The highest BCUT2D eigenvalue weighted by molar-refractivity contribution is 7.89. The van der Waals surface area contributed by atoms with Crippen molar-refractivity contribution >= 4 is 33.4 Å². The monoisotopic (exact) mass is 571 g/mol. The van der Waals surface area contributed by atoms with E-state index in [0.29, 0.717) is 42.6 Å². The number of nitrogens with one attached hydrogen (secondary N) is 1. The second-order valence-electron chi connectivity index (χ2n) is 8.85. The summed E-state index contributed by atoms with van der Waals surface area (Å²) in [5.41, 5.74) is 1.44. The Morgan fingerprint density at radius 1 is 1.00 bits per heavy atom. The van der Waals surface area contributed by atoms with Crippen LogP contribution in [-0.4, -0.2) is 69.4 Å². The minimum absolute atomic E-state index is 0.135. The van der Waals surface area contributed by atoms with E-state index >= 15 is 0 Å². The first-order chi connectivity index (χ1) is 18.8. The lowest BCUT2D eigenvalue weighted by Gasteiger charge is -2.31. The van der Waals surface area contributed by atoms with Crippen LogP contribution in [0, 0.1) is 0 Å². The Balaban J connectivity index is 1.53. The third-order valence-corrected chi connectivity index (χ3v) is 8.47. The highest BCUT2D eigenvalue weighted by Crippen LogP contribution is 2.25. The molecule has 1 atom stereocenters. The molecule has 0 aromatic heterocycles. The second-order valence-corrected chi connectivity index (χ2v) is 11.2. The van der Waals surface area contributed by atoms with Crippen LogP contribution in [0.5, 0.6) is 5.75 Å². The van der Waals surface area contributed by atoms with Gasteiger partial charge < -0.3 is 19.7 Å². The molecule has 0 bridgehead atoms. The SMILES string of the molecule is CNC(=O)[C@@H](c1ccccc1)N(Cc1ccc(Cl)cc1)C(=O)COc1ccc(S(=O)(=O)N2CCOCC2)cc1. The average molecular weight is 572 g/mol.